The van der Waals surface area contributed by atoms with Gasteiger partial charge in [0, 0.05) is 23.0 Å². The van der Waals surface area contributed by atoms with Gasteiger partial charge < -0.3 is 19.6 Å². The number of ether oxygens (including phenoxy) is 1. The van der Waals surface area contributed by atoms with Gasteiger partial charge in [-0.3, -0.25) is 4.79 Å². The van der Waals surface area contributed by atoms with Gasteiger partial charge in [0.2, 0.25) is 0 Å². The lowest BCUT2D eigenvalue weighted by Gasteiger charge is -2.09. The van der Waals surface area contributed by atoms with Gasteiger partial charge in [0.1, 0.15) is 23.8 Å². The van der Waals surface area contributed by atoms with Crippen molar-refractivity contribution in [3.05, 3.63) is 88.8 Å². The van der Waals surface area contributed by atoms with Gasteiger partial charge in [0.05, 0.1) is 11.4 Å². The molecule has 6 nitrogen and oxygen atoms in total. The van der Waals surface area contributed by atoms with Crippen LogP contribution in [-0.4, -0.2) is 20.4 Å². The first-order valence-electron chi connectivity index (χ1n) is 8.95. The SMILES string of the molecule is Cc1cccn2cc(COc3ccc(C(=O)Nc4cc(Cl)ccc4O)cc3)nc12. The second-order valence-electron chi connectivity index (χ2n) is 6.58. The van der Waals surface area contributed by atoms with Gasteiger partial charge in [0.25, 0.3) is 5.91 Å². The molecule has 7 heteroatoms. The summed E-state index contributed by atoms with van der Waals surface area (Å²) in [7, 11) is 0. The second kappa shape index (κ2) is 7.85. The maximum absolute atomic E-state index is 12.4. The molecule has 0 atom stereocenters. The van der Waals surface area contributed by atoms with Gasteiger partial charge in [-0.05, 0) is 61.0 Å². The summed E-state index contributed by atoms with van der Waals surface area (Å²) < 4.78 is 7.75. The smallest absolute Gasteiger partial charge is 0.255 e. The van der Waals surface area contributed by atoms with Crippen LogP contribution in [0.5, 0.6) is 11.5 Å². The number of pyridine rings is 1. The quantitative estimate of drug-likeness (QED) is 0.464. The van der Waals surface area contributed by atoms with Crippen LogP contribution in [0.3, 0.4) is 0 Å². The van der Waals surface area contributed by atoms with Crippen molar-refractivity contribution in [3.8, 4) is 11.5 Å². The summed E-state index contributed by atoms with van der Waals surface area (Å²) in [4.78, 5) is 17.0. The molecular weight excluding hydrogens is 390 g/mol. The highest BCUT2D eigenvalue weighted by molar-refractivity contribution is 6.31. The molecule has 146 valence electrons. The Kier molecular flexibility index (Phi) is 5.10. The third-order valence-corrected chi connectivity index (χ3v) is 4.67. The first kappa shape index (κ1) is 18.8. The van der Waals surface area contributed by atoms with Crippen LogP contribution >= 0.6 is 11.6 Å². The van der Waals surface area contributed by atoms with Gasteiger partial charge in [0.15, 0.2) is 0 Å². The Morgan fingerprint density at radius 2 is 2.00 bits per heavy atom. The number of anilines is 1. The number of aromatic nitrogens is 2. The molecule has 2 aromatic carbocycles. The highest BCUT2D eigenvalue weighted by atomic mass is 35.5. The molecule has 0 spiro atoms. The summed E-state index contributed by atoms with van der Waals surface area (Å²) in [5.74, 6) is 0.219. The normalized spacial score (nSPS) is 10.8. The molecule has 1 amide bonds. The molecule has 0 unspecified atom stereocenters. The summed E-state index contributed by atoms with van der Waals surface area (Å²) in [5.41, 5.74) is 3.50. The third-order valence-electron chi connectivity index (χ3n) is 4.44. The number of aromatic hydroxyl groups is 1. The number of halogens is 1. The molecule has 0 aliphatic rings. The van der Waals surface area contributed by atoms with Crippen LogP contribution in [0.4, 0.5) is 5.69 Å². The first-order chi connectivity index (χ1) is 14.0. The van der Waals surface area contributed by atoms with Crippen molar-refractivity contribution < 1.29 is 14.6 Å². The number of imidazole rings is 1. The number of aryl methyl sites for hydroxylation is 1. The van der Waals surface area contributed by atoms with Crippen LogP contribution in [0.25, 0.3) is 5.65 Å². The van der Waals surface area contributed by atoms with Crippen molar-refractivity contribution in [2.75, 3.05) is 5.32 Å². The van der Waals surface area contributed by atoms with Gasteiger partial charge in [-0.1, -0.05) is 17.7 Å². The highest BCUT2D eigenvalue weighted by Crippen LogP contribution is 2.27. The number of amides is 1. The largest absolute Gasteiger partial charge is 0.506 e. The van der Waals surface area contributed by atoms with Crippen LogP contribution in [0.2, 0.25) is 5.02 Å². The molecule has 0 saturated carbocycles. The predicted molar refractivity (Wildman–Crippen MR) is 112 cm³/mol. The highest BCUT2D eigenvalue weighted by Gasteiger charge is 2.10. The zero-order valence-electron chi connectivity index (χ0n) is 15.6. The van der Waals surface area contributed by atoms with Crippen LogP contribution < -0.4 is 10.1 Å². The number of phenols is 1. The van der Waals surface area contributed by atoms with E-state index in [9.17, 15) is 9.90 Å². The number of carbonyl (C=O) groups is 1. The van der Waals surface area contributed by atoms with E-state index in [4.69, 9.17) is 16.3 Å². The zero-order chi connectivity index (χ0) is 20.4. The fourth-order valence-corrected chi connectivity index (χ4v) is 3.11. The number of hydrogen-bond acceptors (Lipinski definition) is 4. The Morgan fingerprint density at radius 1 is 1.21 bits per heavy atom. The van der Waals surface area contributed by atoms with Gasteiger partial charge in [-0.25, -0.2) is 4.98 Å². The molecule has 0 radical (unpaired) electrons. The number of carbonyl (C=O) groups excluding carboxylic acids is 1. The van der Waals surface area contributed by atoms with Crippen molar-refractivity contribution in [1.82, 2.24) is 9.38 Å². The van der Waals surface area contributed by atoms with E-state index in [0.29, 0.717) is 22.9 Å². The van der Waals surface area contributed by atoms with E-state index in [1.54, 1.807) is 30.3 Å². The monoisotopic (exact) mass is 407 g/mol. The molecule has 29 heavy (non-hydrogen) atoms. The number of nitrogens with one attached hydrogen (secondary N) is 1. The Labute approximate surface area is 172 Å². The van der Waals surface area contributed by atoms with Gasteiger partial charge in [-0.15, -0.1) is 0 Å². The van der Waals surface area contributed by atoms with Crippen molar-refractivity contribution in [3.63, 3.8) is 0 Å². The van der Waals surface area contributed by atoms with E-state index in [1.165, 1.54) is 12.1 Å². The molecule has 0 aliphatic heterocycles. The molecule has 0 fully saturated rings. The fraction of sp³-hybridized carbons (Fsp3) is 0.0909. The average molecular weight is 408 g/mol. The lowest BCUT2D eigenvalue weighted by molar-refractivity contribution is 0.102. The molecule has 0 saturated heterocycles. The lowest BCUT2D eigenvalue weighted by atomic mass is 10.2. The van der Waals surface area contributed by atoms with Crippen molar-refractivity contribution in [2.24, 2.45) is 0 Å². The molecule has 4 rings (SSSR count). The summed E-state index contributed by atoms with van der Waals surface area (Å²) in [6.07, 6.45) is 3.88. The van der Waals surface area contributed by atoms with Gasteiger partial charge in [-0.2, -0.15) is 0 Å². The van der Waals surface area contributed by atoms with E-state index < -0.39 is 0 Å². The average Bonchev–Trinajstić information content (AvgIpc) is 3.14. The summed E-state index contributed by atoms with van der Waals surface area (Å²) >= 11 is 5.90. The van der Waals surface area contributed by atoms with Crippen molar-refractivity contribution in [1.29, 1.82) is 0 Å². The summed E-state index contributed by atoms with van der Waals surface area (Å²) in [6.45, 7) is 2.34. The van der Waals surface area contributed by atoms with E-state index in [0.717, 1.165) is 16.9 Å². The third kappa shape index (κ3) is 4.17. The number of phenolic OH excluding ortho intramolecular Hbond substituents is 1. The minimum Gasteiger partial charge on any atom is -0.506 e. The number of benzene rings is 2. The Hall–Kier alpha value is -3.51. The van der Waals surface area contributed by atoms with E-state index in [-0.39, 0.29) is 17.3 Å². The van der Waals surface area contributed by atoms with Crippen molar-refractivity contribution >= 4 is 28.8 Å². The van der Waals surface area contributed by atoms with Crippen LogP contribution in [0, 0.1) is 6.92 Å². The van der Waals surface area contributed by atoms with E-state index in [2.05, 4.69) is 10.3 Å². The van der Waals surface area contributed by atoms with Crippen LogP contribution in [0.1, 0.15) is 21.6 Å². The lowest BCUT2D eigenvalue weighted by Crippen LogP contribution is -2.11. The second-order valence-corrected chi connectivity index (χ2v) is 7.02. The van der Waals surface area contributed by atoms with Crippen LogP contribution in [-0.2, 0) is 6.61 Å². The number of fused-ring (bicyclic) bond motifs is 1. The fourth-order valence-electron chi connectivity index (χ4n) is 2.94. The van der Waals surface area contributed by atoms with Crippen molar-refractivity contribution in [2.45, 2.75) is 13.5 Å². The zero-order valence-corrected chi connectivity index (χ0v) is 16.3. The van der Waals surface area contributed by atoms with Gasteiger partial charge >= 0.3 is 0 Å². The summed E-state index contributed by atoms with van der Waals surface area (Å²) in [5, 5.41) is 12.9. The minimum absolute atomic E-state index is 0.0506. The maximum atomic E-state index is 12.4. The molecule has 0 bridgehead atoms. The van der Waals surface area contributed by atoms with Crippen LogP contribution in [0.15, 0.2) is 67.0 Å². The Bertz CT molecular complexity index is 1190. The Morgan fingerprint density at radius 3 is 2.76 bits per heavy atom. The maximum Gasteiger partial charge on any atom is 0.255 e. The van der Waals surface area contributed by atoms with E-state index >= 15 is 0 Å². The number of rotatable bonds is 5. The molecule has 4 aromatic rings. The predicted octanol–water partition coefficient (Wildman–Crippen LogP) is 4.83. The standard InChI is InChI=1S/C22H18ClN3O3/c1-14-3-2-10-26-12-17(24-21(14)26)13-29-18-7-4-15(5-8-18)22(28)25-19-11-16(23)6-9-20(19)27/h2-12,27H,13H2,1H3,(H,25,28). The molecule has 2 aromatic heterocycles. The molecule has 0 aliphatic carbocycles. The Balaban J connectivity index is 1.41. The topological polar surface area (TPSA) is 75.9 Å². The van der Waals surface area contributed by atoms with E-state index in [1.807, 2.05) is 35.9 Å². The summed E-state index contributed by atoms with van der Waals surface area (Å²) in [6, 6.07) is 15.2. The molecule has 2 heterocycles. The molecule has 2 N–H and O–H groups in total. The minimum atomic E-state index is -0.357. The first-order valence-corrected chi connectivity index (χ1v) is 9.33. The number of hydrogen-bond donors (Lipinski definition) is 2. The molecular formula is C22H18ClN3O3. The number of nitrogens with zero attached hydrogens (tertiary/aromatic N) is 2.